The van der Waals surface area contributed by atoms with Crippen LogP contribution in [0.4, 0.5) is 0 Å². The number of nitrogens with one attached hydrogen (secondary N) is 2. The van der Waals surface area contributed by atoms with Gasteiger partial charge in [0.15, 0.2) is 0 Å². The molecule has 2 rings (SSSR count). The molecule has 2 N–H and O–H groups in total. The average molecular weight is 320 g/mol. The number of nitrogens with zero attached hydrogens (tertiary/aromatic N) is 2. The second kappa shape index (κ2) is 6.64. The molecule has 0 unspecified atom stereocenters. The number of amides is 2. The van der Waals surface area contributed by atoms with Crippen LogP contribution in [-0.2, 0) is 0 Å². The second-order valence-electron chi connectivity index (χ2n) is 6.19. The quantitative estimate of drug-likeness (QED) is 0.834. The van der Waals surface area contributed by atoms with E-state index in [1.165, 1.54) is 0 Å². The van der Waals surface area contributed by atoms with Crippen molar-refractivity contribution in [3.05, 3.63) is 35.0 Å². The van der Waals surface area contributed by atoms with Crippen LogP contribution in [0.1, 0.15) is 46.3 Å². The highest BCUT2D eigenvalue weighted by Gasteiger charge is 2.22. The normalized spacial score (nSPS) is 11.3. The van der Waals surface area contributed by atoms with Crippen LogP contribution in [0.3, 0.4) is 0 Å². The molecule has 0 atom stereocenters. The molecule has 124 valence electrons. The summed E-state index contributed by atoms with van der Waals surface area (Å²) >= 11 is 0. The van der Waals surface area contributed by atoms with Gasteiger partial charge in [0, 0.05) is 25.2 Å². The van der Waals surface area contributed by atoms with Gasteiger partial charge >= 0.3 is 0 Å². The smallest absolute Gasteiger partial charge is 0.289 e. The van der Waals surface area contributed by atoms with Gasteiger partial charge in [-0.3, -0.25) is 9.59 Å². The third-order valence-electron chi connectivity index (χ3n) is 3.16. The summed E-state index contributed by atoms with van der Waals surface area (Å²) in [5, 5.41) is 12.9. The van der Waals surface area contributed by atoms with Crippen LogP contribution in [0.2, 0.25) is 0 Å². The summed E-state index contributed by atoms with van der Waals surface area (Å²) in [6, 6.07) is 3.13. The molecule has 23 heavy (non-hydrogen) atoms. The fourth-order valence-electron chi connectivity index (χ4n) is 1.82. The Morgan fingerprint density at radius 1 is 0.957 bits per heavy atom. The number of carbonyl (C=O) groups excluding carboxylic acids is 2. The van der Waals surface area contributed by atoms with E-state index >= 15 is 0 Å². The number of hydrogen-bond donors (Lipinski definition) is 2. The minimum Gasteiger partial charge on any atom is -0.351 e. The number of aromatic nitrogens is 2. The molecule has 0 aliphatic carbocycles. The summed E-state index contributed by atoms with van der Waals surface area (Å²) in [6.07, 6.45) is 0. The number of aryl methyl sites for hydroxylation is 2. The highest BCUT2D eigenvalue weighted by Crippen LogP contribution is 2.13. The highest BCUT2D eigenvalue weighted by molar-refractivity contribution is 5.92. The van der Waals surface area contributed by atoms with E-state index in [9.17, 15) is 9.59 Å². The lowest BCUT2D eigenvalue weighted by Crippen LogP contribution is -2.42. The molecule has 0 spiro atoms. The van der Waals surface area contributed by atoms with Gasteiger partial charge in [-0.2, -0.15) is 0 Å². The Morgan fingerprint density at radius 3 is 1.65 bits per heavy atom. The molecule has 8 nitrogen and oxygen atoms in total. The minimum atomic E-state index is -0.352. The molecule has 0 aromatic carbocycles. The van der Waals surface area contributed by atoms with Gasteiger partial charge in [0.2, 0.25) is 11.5 Å². The van der Waals surface area contributed by atoms with Gasteiger partial charge in [0.1, 0.15) is 0 Å². The maximum Gasteiger partial charge on any atom is 0.289 e. The summed E-state index contributed by atoms with van der Waals surface area (Å²) in [7, 11) is 0. The number of carbonyl (C=O) groups is 2. The van der Waals surface area contributed by atoms with Crippen LogP contribution >= 0.6 is 0 Å². The van der Waals surface area contributed by atoms with Crippen molar-refractivity contribution in [3.8, 4) is 0 Å². The summed E-state index contributed by atoms with van der Waals surface area (Å²) in [6.45, 7) is 8.05. The van der Waals surface area contributed by atoms with Crippen molar-refractivity contribution in [2.75, 3.05) is 13.1 Å². The van der Waals surface area contributed by atoms with Crippen LogP contribution < -0.4 is 10.6 Å². The topological polar surface area (TPSA) is 110 Å². The zero-order valence-electron chi connectivity index (χ0n) is 13.6. The molecular weight excluding hydrogens is 300 g/mol. The third kappa shape index (κ3) is 4.67. The molecule has 0 radical (unpaired) electrons. The fraction of sp³-hybridized carbons (Fsp3) is 0.467. The lowest BCUT2D eigenvalue weighted by atomic mass is 9.93. The van der Waals surface area contributed by atoms with Crippen molar-refractivity contribution >= 4 is 11.8 Å². The Morgan fingerprint density at radius 2 is 1.35 bits per heavy atom. The standard InChI is InChI=1S/C15H20N4O4/c1-9-5-11(22-18-9)13(20)16-7-15(3,4)8-17-14(21)12-6-10(2)19-23-12/h5-6H,7-8H2,1-4H3,(H,16,20)(H,17,21). The first-order chi connectivity index (χ1) is 10.8. The Labute approximate surface area is 133 Å². The first-order valence-electron chi connectivity index (χ1n) is 7.20. The molecule has 0 bridgehead atoms. The monoisotopic (exact) mass is 320 g/mol. The Hall–Kier alpha value is -2.64. The van der Waals surface area contributed by atoms with Gasteiger partial charge in [-0.1, -0.05) is 24.2 Å². The summed E-state index contributed by atoms with van der Waals surface area (Å²) in [5.74, 6) is -0.342. The van der Waals surface area contributed by atoms with E-state index in [0.717, 1.165) is 0 Å². The van der Waals surface area contributed by atoms with Gasteiger partial charge in [0.25, 0.3) is 11.8 Å². The van der Waals surface area contributed by atoms with E-state index in [1.807, 2.05) is 13.8 Å². The van der Waals surface area contributed by atoms with Crippen molar-refractivity contribution in [2.24, 2.45) is 5.41 Å². The van der Waals surface area contributed by atoms with E-state index in [2.05, 4.69) is 20.9 Å². The fourth-order valence-corrected chi connectivity index (χ4v) is 1.82. The predicted molar refractivity (Wildman–Crippen MR) is 80.9 cm³/mol. The third-order valence-corrected chi connectivity index (χ3v) is 3.16. The average Bonchev–Trinajstić information content (AvgIpc) is 3.11. The van der Waals surface area contributed by atoms with Crippen molar-refractivity contribution in [2.45, 2.75) is 27.7 Å². The molecule has 0 saturated carbocycles. The minimum absolute atomic E-state index is 0.166. The van der Waals surface area contributed by atoms with E-state index < -0.39 is 0 Å². The van der Waals surface area contributed by atoms with Crippen LogP contribution in [0.15, 0.2) is 21.2 Å². The molecule has 0 fully saturated rings. The van der Waals surface area contributed by atoms with Gasteiger partial charge in [0.05, 0.1) is 11.4 Å². The van der Waals surface area contributed by atoms with Gasteiger partial charge < -0.3 is 19.7 Å². The van der Waals surface area contributed by atoms with Crippen LogP contribution in [-0.4, -0.2) is 35.2 Å². The maximum atomic E-state index is 11.9. The van der Waals surface area contributed by atoms with E-state index in [-0.39, 0.29) is 28.7 Å². The lowest BCUT2D eigenvalue weighted by molar-refractivity contribution is 0.0881. The van der Waals surface area contributed by atoms with E-state index in [1.54, 1.807) is 26.0 Å². The summed E-state index contributed by atoms with van der Waals surface area (Å²) in [5.41, 5.74) is 0.933. The highest BCUT2D eigenvalue weighted by atomic mass is 16.5. The zero-order chi connectivity index (χ0) is 17.0. The summed E-state index contributed by atoms with van der Waals surface area (Å²) in [4.78, 5) is 23.8. The Bertz CT molecular complexity index is 644. The van der Waals surface area contributed by atoms with Crippen molar-refractivity contribution in [3.63, 3.8) is 0 Å². The Kier molecular flexibility index (Phi) is 4.83. The van der Waals surface area contributed by atoms with Crippen LogP contribution in [0.5, 0.6) is 0 Å². The van der Waals surface area contributed by atoms with Gasteiger partial charge in [-0.25, -0.2) is 0 Å². The van der Waals surface area contributed by atoms with Crippen molar-refractivity contribution < 1.29 is 18.6 Å². The molecule has 8 heteroatoms. The lowest BCUT2D eigenvalue weighted by Gasteiger charge is -2.24. The van der Waals surface area contributed by atoms with Gasteiger partial charge in [-0.15, -0.1) is 0 Å². The molecule has 0 saturated heterocycles. The SMILES string of the molecule is Cc1cc(C(=O)NCC(C)(C)CNC(=O)c2cc(C)no2)on1. The largest absolute Gasteiger partial charge is 0.351 e. The van der Waals surface area contributed by atoms with E-state index in [4.69, 9.17) is 9.05 Å². The molecule has 0 aliphatic heterocycles. The molecule has 2 heterocycles. The first kappa shape index (κ1) is 16.7. The molecule has 2 aromatic heterocycles. The van der Waals surface area contributed by atoms with Crippen LogP contribution in [0.25, 0.3) is 0 Å². The van der Waals surface area contributed by atoms with E-state index in [0.29, 0.717) is 24.5 Å². The second-order valence-corrected chi connectivity index (χ2v) is 6.19. The Balaban J connectivity index is 1.82. The number of hydrogen-bond acceptors (Lipinski definition) is 6. The molecular formula is C15H20N4O4. The molecule has 0 aliphatic rings. The van der Waals surface area contributed by atoms with Crippen molar-refractivity contribution in [1.29, 1.82) is 0 Å². The molecule has 2 aromatic rings. The summed E-state index contributed by atoms with van der Waals surface area (Å²) < 4.78 is 9.80. The number of rotatable bonds is 6. The zero-order valence-corrected chi connectivity index (χ0v) is 13.6. The molecule has 2 amide bonds. The van der Waals surface area contributed by atoms with Gasteiger partial charge in [-0.05, 0) is 19.3 Å². The van der Waals surface area contributed by atoms with Crippen LogP contribution in [0, 0.1) is 19.3 Å². The maximum absolute atomic E-state index is 11.9. The van der Waals surface area contributed by atoms with Crippen molar-refractivity contribution in [1.82, 2.24) is 20.9 Å². The predicted octanol–water partition coefficient (Wildman–Crippen LogP) is 1.47. The first-order valence-corrected chi connectivity index (χ1v) is 7.20.